The number of benzene rings is 1. The van der Waals surface area contributed by atoms with Gasteiger partial charge in [0.2, 0.25) is 0 Å². The molecule has 0 fully saturated rings. The van der Waals surface area contributed by atoms with Crippen molar-refractivity contribution < 1.29 is 9.53 Å². The lowest BCUT2D eigenvalue weighted by atomic mass is 10.0. The highest BCUT2D eigenvalue weighted by Gasteiger charge is 2.21. The number of rotatable bonds is 3. The molecular weight excluding hydrogens is 268 g/mol. The summed E-state index contributed by atoms with van der Waals surface area (Å²) in [6.07, 6.45) is 2.25. The second-order valence-corrected chi connectivity index (χ2v) is 4.89. The minimum atomic E-state index is -0.565. The van der Waals surface area contributed by atoms with Gasteiger partial charge in [-0.2, -0.15) is 0 Å². The number of anilines is 2. The SMILES string of the molecule is NC(=O)c1cc(NC2CCOc3ccccc32)ncc1N. The first-order chi connectivity index (χ1) is 10.1. The number of amides is 1. The van der Waals surface area contributed by atoms with Gasteiger partial charge in [0.25, 0.3) is 5.91 Å². The van der Waals surface area contributed by atoms with Crippen LogP contribution in [0.25, 0.3) is 0 Å². The molecule has 1 aliphatic rings. The summed E-state index contributed by atoms with van der Waals surface area (Å²) in [5.74, 6) is 0.872. The van der Waals surface area contributed by atoms with Crippen LogP contribution >= 0.6 is 0 Å². The van der Waals surface area contributed by atoms with E-state index in [1.165, 1.54) is 6.20 Å². The van der Waals surface area contributed by atoms with E-state index in [1.54, 1.807) is 6.07 Å². The third kappa shape index (κ3) is 2.60. The van der Waals surface area contributed by atoms with Crippen LogP contribution in [-0.2, 0) is 0 Å². The minimum Gasteiger partial charge on any atom is -0.493 e. The van der Waals surface area contributed by atoms with Gasteiger partial charge in [0.05, 0.1) is 30.1 Å². The molecule has 108 valence electrons. The van der Waals surface area contributed by atoms with E-state index in [-0.39, 0.29) is 17.3 Å². The maximum absolute atomic E-state index is 11.3. The van der Waals surface area contributed by atoms with E-state index >= 15 is 0 Å². The number of pyridine rings is 1. The first-order valence-electron chi connectivity index (χ1n) is 6.69. The molecule has 2 aromatic rings. The summed E-state index contributed by atoms with van der Waals surface area (Å²) in [6.45, 7) is 0.631. The Bertz CT molecular complexity index is 687. The topological polar surface area (TPSA) is 103 Å². The number of para-hydroxylation sites is 1. The number of nitrogens with zero attached hydrogens (tertiary/aromatic N) is 1. The zero-order valence-corrected chi connectivity index (χ0v) is 11.4. The first kappa shape index (κ1) is 13.2. The first-order valence-corrected chi connectivity index (χ1v) is 6.69. The molecule has 0 saturated carbocycles. The molecule has 0 spiro atoms. The maximum atomic E-state index is 11.3. The van der Waals surface area contributed by atoms with Gasteiger partial charge < -0.3 is 21.5 Å². The lowest BCUT2D eigenvalue weighted by Gasteiger charge is -2.27. The van der Waals surface area contributed by atoms with Crippen molar-refractivity contribution in [2.24, 2.45) is 5.73 Å². The Hall–Kier alpha value is -2.76. The molecule has 6 heteroatoms. The predicted molar refractivity (Wildman–Crippen MR) is 80.1 cm³/mol. The van der Waals surface area contributed by atoms with Gasteiger partial charge in [-0.1, -0.05) is 18.2 Å². The third-order valence-corrected chi connectivity index (χ3v) is 3.48. The summed E-state index contributed by atoms with van der Waals surface area (Å²) in [5.41, 5.74) is 12.6. The van der Waals surface area contributed by atoms with Crippen LogP contribution in [0.1, 0.15) is 28.4 Å². The Labute approximate surface area is 122 Å². The van der Waals surface area contributed by atoms with Gasteiger partial charge in [-0.05, 0) is 12.1 Å². The van der Waals surface area contributed by atoms with Crippen LogP contribution in [0.5, 0.6) is 5.75 Å². The summed E-state index contributed by atoms with van der Waals surface area (Å²) >= 11 is 0. The second kappa shape index (κ2) is 5.32. The molecule has 1 unspecified atom stereocenters. The fraction of sp³-hybridized carbons (Fsp3) is 0.200. The van der Waals surface area contributed by atoms with Crippen molar-refractivity contribution in [1.82, 2.24) is 4.98 Å². The number of nitrogens with one attached hydrogen (secondary N) is 1. The Morgan fingerprint density at radius 2 is 2.19 bits per heavy atom. The number of primary amides is 1. The lowest BCUT2D eigenvalue weighted by molar-refractivity contribution is 0.100. The lowest BCUT2D eigenvalue weighted by Crippen LogP contribution is -2.21. The minimum absolute atomic E-state index is 0.0757. The summed E-state index contributed by atoms with van der Waals surface area (Å²) < 4.78 is 5.62. The normalized spacial score (nSPS) is 16.7. The summed E-state index contributed by atoms with van der Waals surface area (Å²) in [6, 6.07) is 9.51. The Morgan fingerprint density at radius 1 is 1.38 bits per heavy atom. The molecule has 0 saturated heterocycles. The molecule has 5 N–H and O–H groups in total. The summed E-state index contributed by atoms with van der Waals surface area (Å²) in [7, 11) is 0. The van der Waals surface area contributed by atoms with Crippen LogP contribution in [0.3, 0.4) is 0 Å². The summed E-state index contributed by atoms with van der Waals surface area (Å²) in [5, 5.41) is 3.31. The van der Waals surface area contributed by atoms with Gasteiger partial charge >= 0.3 is 0 Å². The highest BCUT2D eigenvalue weighted by molar-refractivity contribution is 5.98. The largest absolute Gasteiger partial charge is 0.493 e. The number of aromatic nitrogens is 1. The van der Waals surface area contributed by atoms with Crippen LogP contribution in [0, 0.1) is 0 Å². The smallest absolute Gasteiger partial charge is 0.250 e. The van der Waals surface area contributed by atoms with Gasteiger partial charge in [-0.3, -0.25) is 4.79 Å². The molecule has 21 heavy (non-hydrogen) atoms. The average molecular weight is 284 g/mol. The van der Waals surface area contributed by atoms with Gasteiger partial charge in [-0.15, -0.1) is 0 Å². The Morgan fingerprint density at radius 3 is 3.00 bits per heavy atom. The van der Waals surface area contributed by atoms with Crippen LogP contribution < -0.4 is 21.5 Å². The summed E-state index contributed by atoms with van der Waals surface area (Å²) in [4.78, 5) is 15.5. The van der Waals surface area contributed by atoms with Crippen molar-refractivity contribution in [3.05, 3.63) is 47.7 Å². The van der Waals surface area contributed by atoms with E-state index in [0.717, 1.165) is 17.7 Å². The van der Waals surface area contributed by atoms with Crippen LogP contribution in [0.15, 0.2) is 36.5 Å². The molecule has 1 aliphatic heterocycles. The van der Waals surface area contributed by atoms with Crippen LogP contribution in [0.4, 0.5) is 11.5 Å². The predicted octanol–water partition coefficient (Wildman–Crippen LogP) is 1.70. The fourth-order valence-corrected chi connectivity index (χ4v) is 2.43. The Kier molecular flexibility index (Phi) is 3.35. The van der Waals surface area contributed by atoms with Gasteiger partial charge in [-0.25, -0.2) is 4.98 Å². The number of nitrogens with two attached hydrogens (primary N) is 2. The quantitative estimate of drug-likeness (QED) is 0.796. The highest BCUT2D eigenvalue weighted by atomic mass is 16.5. The number of hydrogen-bond acceptors (Lipinski definition) is 5. The van der Waals surface area contributed by atoms with E-state index in [1.807, 2.05) is 24.3 Å². The number of nitrogen functional groups attached to an aromatic ring is 1. The second-order valence-electron chi connectivity index (χ2n) is 4.89. The molecular formula is C15H16N4O2. The third-order valence-electron chi connectivity index (χ3n) is 3.48. The number of hydrogen-bond donors (Lipinski definition) is 3. The van der Waals surface area contributed by atoms with Crippen molar-refractivity contribution in [3.63, 3.8) is 0 Å². The molecule has 0 aliphatic carbocycles. The molecule has 0 bridgehead atoms. The number of carbonyl (C=O) groups excluding carboxylic acids is 1. The standard InChI is InChI=1S/C15H16N4O2/c16-11-8-18-14(7-10(11)15(17)20)19-12-5-6-21-13-4-2-1-3-9(12)13/h1-4,7-8,12H,5-6,16H2,(H2,17,20)(H,18,19). The van der Waals surface area contributed by atoms with Crippen molar-refractivity contribution in [2.45, 2.75) is 12.5 Å². The number of fused-ring (bicyclic) bond motifs is 1. The number of ether oxygens (including phenoxy) is 1. The van der Waals surface area contributed by atoms with Crippen molar-refractivity contribution in [3.8, 4) is 5.75 Å². The van der Waals surface area contributed by atoms with Crippen LogP contribution in [0.2, 0.25) is 0 Å². The molecule has 6 nitrogen and oxygen atoms in total. The van der Waals surface area contributed by atoms with E-state index < -0.39 is 5.91 Å². The highest BCUT2D eigenvalue weighted by Crippen LogP contribution is 2.33. The van der Waals surface area contributed by atoms with Crippen LogP contribution in [-0.4, -0.2) is 17.5 Å². The van der Waals surface area contributed by atoms with Crippen molar-refractivity contribution in [1.29, 1.82) is 0 Å². The molecule has 1 aromatic carbocycles. The molecule has 3 rings (SSSR count). The Balaban J connectivity index is 1.88. The number of carbonyl (C=O) groups is 1. The fourth-order valence-electron chi connectivity index (χ4n) is 2.43. The van der Waals surface area contributed by atoms with Gasteiger partial charge in [0, 0.05) is 12.0 Å². The van der Waals surface area contributed by atoms with E-state index in [9.17, 15) is 4.79 Å². The van der Waals surface area contributed by atoms with Gasteiger partial charge in [0.1, 0.15) is 11.6 Å². The zero-order chi connectivity index (χ0) is 14.8. The van der Waals surface area contributed by atoms with Crippen molar-refractivity contribution >= 4 is 17.4 Å². The monoisotopic (exact) mass is 284 g/mol. The molecule has 2 heterocycles. The molecule has 1 atom stereocenters. The van der Waals surface area contributed by atoms with E-state index in [2.05, 4.69) is 10.3 Å². The van der Waals surface area contributed by atoms with Crippen molar-refractivity contribution in [2.75, 3.05) is 17.7 Å². The maximum Gasteiger partial charge on any atom is 0.250 e. The molecule has 0 radical (unpaired) electrons. The zero-order valence-electron chi connectivity index (χ0n) is 11.4. The van der Waals surface area contributed by atoms with Gasteiger partial charge in [0.15, 0.2) is 0 Å². The van der Waals surface area contributed by atoms with E-state index in [0.29, 0.717) is 12.4 Å². The molecule has 1 aromatic heterocycles. The van der Waals surface area contributed by atoms with E-state index in [4.69, 9.17) is 16.2 Å². The molecule has 1 amide bonds. The average Bonchev–Trinajstić information content (AvgIpc) is 2.49.